The number of nitrogens with zero attached hydrogens (tertiary/aromatic N) is 1. The SMILES string of the molecule is N=c1cc(Br)cc(Br)n1O. The Hall–Kier alpha value is -0.290. The van der Waals surface area contributed by atoms with Crippen molar-refractivity contribution < 1.29 is 5.21 Å². The molecule has 0 aliphatic carbocycles. The number of aromatic nitrogens is 1. The van der Waals surface area contributed by atoms with Gasteiger partial charge in [0.15, 0.2) is 5.49 Å². The molecule has 0 aromatic carbocycles. The maximum Gasteiger partial charge on any atom is 0.162 e. The average Bonchev–Trinajstić information content (AvgIpc) is 1.82. The largest absolute Gasteiger partial charge is 0.426 e. The smallest absolute Gasteiger partial charge is 0.162 e. The normalized spacial score (nSPS) is 9.80. The first kappa shape index (κ1) is 7.81. The van der Waals surface area contributed by atoms with Crippen LogP contribution in [0.15, 0.2) is 21.2 Å². The van der Waals surface area contributed by atoms with Crippen molar-refractivity contribution in [3.8, 4) is 0 Å². The molecule has 0 fully saturated rings. The van der Waals surface area contributed by atoms with E-state index >= 15 is 0 Å². The van der Waals surface area contributed by atoms with Crippen LogP contribution in [-0.2, 0) is 0 Å². The molecule has 5 heteroatoms. The summed E-state index contributed by atoms with van der Waals surface area (Å²) >= 11 is 6.23. The predicted molar refractivity (Wildman–Crippen MR) is 42.9 cm³/mol. The summed E-state index contributed by atoms with van der Waals surface area (Å²) in [6, 6.07) is 3.14. The number of pyridine rings is 1. The molecule has 1 heterocycles. The van der Waals surface area contributed by atoms with Gasteiger partial charge in [0, 0.05) is 4.47 Å². The Bertz CT molecular complexity index is 307. The maximum absolute atomic E-state index is 8.99. The fourth-order valence-electron chi connectivity index (χ4n) is 0.523. The van der Waals surface area contributed by atoms with E-state index in [-0.39, 0.29) is 5.49 Å². The highest BCUT2D eigenvalue weighted by atomic mass is 79.9. The lowest BCUT2D eigenvalue weighted by Crippen LogP contribution is -2.16. The Morgan fingerprint density at radius 2 is 2.00 bits per heavy atom. The second kappa shape index (κ2) is 2.75. The summed E-state index contributed by atoms with van der Waals surface area (Å²) in [4.78, 5) is 0. The molecular weight excluding hydrogens is 264 g/mol. The Morgan fingerprint density at radius 3 is 2.50 bits per heavy atom. The van der Waals surface area contributed by atoms with Crippen LogP contribution in [0.2, 0.25) is 0 Å². The van der Waals surface area contributed by atoms with Crippen molar-refractivity contribution in [3.05, 3.63) is 26.7 Å². The van der Waals surface area contributed by atoms with Gasteiger partial charge in [-0.1, -0.05) is 15.9 Å². The van der Waals surface area contributed by atoms with Crippen molar-refractivity contribution >= 4 is 31.9 Å². The summed E-state index contributed by atoms with van der Waals surface area (Å²) in [5.41, 5.74) is 0.0289. The van der Waals surface area contributed by atoms with Gasteiger partial charge in [-0.25, -0.2) is 0 Å². The molecule has 0 saturated carbocycles. The van der Waals surface area contributed by atoms with Crippen molar-refractivity contribution in [1.29, 1.82) is 5.41 Å². The number of halogens is 2. The van der Waals surface area contributed by atoms with Crippen LogP contribution < -0.4 is 5.49 Å². The molecule has 0 amide bonds. The van der Waals surface area contributed by atoms with Gasteiger partial charge in [0.05, 0.1) is 0 Å². The van der Waals surface area contributed by atoms with Crippen molar-refractivity contribution in [2.45, 2.75) is 0 Å². The Balaban J connectivity index is 3.46. The quantitative estimate of drug-likeness (QED) is 0.546. The van der Waals surface area contributed by atoms with Crippen molar-refractivity contribution in [2.24, 2.45) is 0 Å². The van der Waals surface area contributed by atoms with E-state index in [1.165, 1.54) is 6.07 Å². The average molecular weight is 268 g/mol. The summed E-state index contributed by atoms with van der Waals surface area (Å²) in [5, 5.41) is 16.1. The minimum absolute atomic E-state index is 0.0289. The van der Waals surface area contributed by atoms with Gasteiger partial charge in [0.25, 0.3) is 0 Å². The van der Waals surface area contributed by atoms with E-state index in [1.807, 2.05) is 0 Å². The van der Waals surface area contributed by atoms with E-state index < -0.39 is 0 Å². The van der Waals surface area contributed by atoms with Crippen LogP contribution in [0.4, 0.5) is 0 Å². The molecule has 2 N–H and O–H groups in total. The van der Waals surface area contributed by atoms with Crippen LogP contribution in [0.25, 0.3) is 0 Å². The molecule has 0 radical (unpaired) electrons. The standard InChI is InChI=1S/C5H4Br2N2O/c6-3-1-4(7)9(10)5(8)2-3/h1-2,8,10H. The number of nitrogens with one attached hydrogen (secondary N) is 1. The van der Waals surface area contributed by atoms with Crippen LogP contribution in [-0.4, -0.2) is 9.94 Å². The Kier molecular flexibility index (Phi) is 2.15. The monoisotopic (exact) mass is 266 g/mol. The molecule has 10 heavy (non-hydrogen) atoms. The van der Waals surface area contributed by atoms with E-state index in [2.05, 4.69) is 31.9 Å². The first-order chi connectivity index (χ1) is 4.61. The number of hydrogen-bond donors (Lipinski definition) is 2. The molecule has 0 bridgehead atoms. The minimum atomic E-state index is 0.0289. The number of rotatable bonds is 0. The molecule has 0 spiro atoms. The Labute approximate surface area is 74.0 Å². The highest BCUT2D eigenvalue weighted by molar-refractivity contribution is 9.11. The van der Waals surface area contributed by atoms with Crippen LogP contribution >= 0.6 is 31.9 Å². The second-order valence-electron chi connectivity index (χ2n) is 1.69. The molecule has 1 aromatic heterocycles. The summed E-state index contributed by atoms with van der Waals surface area (Å²) in [5.74, 6) is 0. The zero-order valence-corrected chi connectivity index (χ0v) is 7.98. The first-order valence-corrected chi connectivity index (χ1v) is 4.02. The zero-order chi connectivity index (χ0) is 7.72. The fourth-order valence-corrected chi connectivity index (χ4v) is 1.70. The lowest BCUT2D eigenvalue weighted by Gasteiger charge is -1.99. The molecule has 0 unspecified atom stereocenters. The van der Waals surface area contributed by atoms with E-state index in [9.17, 15) is 0 Å². The van der Waals surface area contributed by atoms with Gasteiger partial charge in [-0.3, -0.25) is 5.41 Å². The molecule has 0 atom stereocenters. The lowest BCUT2D eigenvalue weighted by molar-refractivity contribution is 0.163. The molecule has 3 nitrogen and oxygen atoms in total. The topological polar surface area (TPSA) is 49.0 Å². The summed E-state index contributed by atoms with van der Waals surface area (Å²) < 4.78 is 1.95. The van der Waals surface area contributed by atoms with Gasteiger partial charge in [0.2, 0.25) is 0 Å². The van der Waals surface area contributed by atoms with Gasteiger partial charge in [0.1, 0.15) is 4.60 Å². The zero-order valence-electron chi connectivity index (χ0n) is 4.81. The van der Waals surface area contributed by atoms with Crippen LogP contribution in [0.5, 0.6) is 0 Å². The minimum Gasteiger partial charge on any atom is -0.426 e. The number of hydrogen-bond acceptors (Lipinski definition) is 2. The molecule has 1 rings (SSSR count). The Morgan fingerprint density at radius 1 is 1.40 bits per heavy atom. The van der Waals surface area contributed by atoms with Crippen molar-refractivity contribution in [3.63, 3.8) is 0 Å². The highest BCUT2D eigenvalue weighted by Gasteiger charge is 1.96. The van der Waals surface area contributed by atoms with Crippen molar-refractivity contribution in [2.75, 3.05) is 0 Å². The molecular formula is C5H4Br2N2O. The molecule has 54 valence electrons. The van der Waals surface area contributed by atoms with E-state index in [4.69, 9.17) is 10.6 Å². The third-order valence-corrected chi connectivity index (χ3v) is 1.98. The summed E-state index contributed by atoms with van der Waals surface area (Å²) in [6.45, 7) is 0. The molecule has 0 aliphatic rings. The van der Waals surface area contributed by atoms with E-state index in [0.717, 1.165) is 9.20 Å². The summed E-state index contributed by atoms with van der Waals surface area (Å²) in [6.07, 6.45) is 0. The molecule has 0 saturated heterocycles. The van der Waals surface area contributed by atoms with E-state index in [0.29, 0.717) is 4.60 Å². The van der Waals surface area contributed by atoms with Gasteiger partial charge >= 0.3 is 0 Å². The fraction of sp³-hybridized carbons (Fsp3) is 0. The molecule has 0 aliphatic heterocycles. The predicted octanol–water partition coefficient (Wildman–Crippen LogP) is 1.73. The van der Waals surface area contributed by atoms with Crippen LogP contribution in [0, 0.1) is 5.41 Å². The third-order valence-electron chi connectivity index (χ3n) is 0.962. The van der Waals surface area contributed by atoms with Crippen LogP contribution in [0.1, 0.15) is 0 Å². The first-order valence-electron chi connectivity index (χ1n) is 2.43. The maximum atomic E-state index is 8.99. The van der Waals surface area contributed by atoms with Crippen LogP contribution in [0.3, 0.4) is 0 Å². The second-order valence-corrected chi connectivity index (χ2v) is 3.42. The summed E-state index contributed by atoms with van der Waals surface area (Å²) in [7, 11) is 0. The van der Waals surface area contributed by atoms with Crippen molar-refractivity contribution in [1.82, 2.24) is 4.73 Å². The van der Waals surface area contributed by atoms with E-state index in [1.54, 1.807) is 6.07 Å². The van der Waals surface area contributed by atoms with Gasteiger partial charge in [-0.15, -0.1) is 0 Å². The third kappa shape index (κ3) is 1.41. The highest BCUT2D eigenvalue weighted by Crippen LogP contribution is 2.12. The van der Waals surface area contributed by atoms with Gasteiger partial charge in [-0.2, -0.15) is 4.73 Å². The van der Waals surface area contributed by atoms with Gasteiger partial charge < -0.3 is 5.21 Å². The lowest BCUT2D eigenvalue weighted by atomic mass is 10.5. The molecule has 1 aromatic rings. The van der Waals surface area contributed by atoms with Gasteiger partial charge in [-0.05, 0) is 28.1 Å².